The zero-order chi connectivity index (χ0) is 13.2. The second-order valence-electron chi connectivity index (χ2n) is 5.38. The molecule has 2 amide bonds. The highest BCUT2D eigenvalue weighted by Crippen LogP contribution is 2.24. The standard InChI is InChI=1S/C13H21NO3/c1-6-7-9(2)10-8-14(11(10)15)12(16)17-13(3,4)5/h6-8H2,1-5H3/b10-9-. The molecule has 1 aliphatic heterocycles. The van der Waals surface area contributed by atoms with Crippen LogP contribution in [0.1, 0.15) is 47.5 Å². The molecular weight excluding hydrogens is 218 g/mol. The van der Waals surface area contributed by atoms with Crippen molar-refractivity contribution in [1.82, 2.24) is 4.90 Å². The van der Waals surface area contributed by atoms with E-state index in [1.165, 1.54) is 0 Å². The number of ether oxygens (including phenoxy) is 1. The Labute approximate surface area is 103 Å². The van der Waals surface area contributed by atoms with E-state index in [-0.39, 0.29) is 5.91 Å². The third-order valence-corrected chi connectivity index (χ3v) is 2.57. The molecule has 0 radical (unpaired) electrons. The summed E-state index contributed by atoms with van der Waals surface area (Å²) in [7, 11) is 0. The number of rotatable bonds is 2. The average molecular weight is 239 g/mol. The number of β-lactam (4-membered cyclic amide) rings is 1. The minimum atomic E-state index is -0.560. The van der Waals surface area contributed by atoms with Crippen LogP contribution in [0.15, 0.2) is 11.1 Å². The van der Waals surface area contributed by atoms with E-state index in [9.17, 15) is 9.59 Å². The summed E-state index contributed by atoms with van der Waals surface area (Å²) in [6.07, 6.45) is 1.37. The number of amides is 2. The quantitative estimate of drug-likeness (QED) is 0.550. The van der Waals surface area contributed by atoms with Crippen LogP contribution in [0, 0.1) is 0 Å². The first-order valence-corrected chi connectivity index (χ1v) is 5.99. The normalized spacial score (nSPS) is 18.9. The van der Waals surface area contributed by atoms with Gasteiger partial charge in [-0.05, 0) is 34.1 Å². The van der Waals surface area contributed by atoms with Crippen molar-refractivity contribution in [3.05, 3.63) is 11.1 Å². The van der Waals surface area contributed by atoms with Gasteiger partial charge in [0.1, 0.15) is 5.60 Å². The molecule has 0 aliphatic carbocycles. The maximum atomic E-state index is 11.8. The van der Waals surface area contributed by atoms with Gasteiger partial charge in [-0.3, -0.25) is 4.79 Å². The van der Waals surface area contributed by atoms with Crippen LogP contribution in [0.4, 0.5) is 4.79 Å². The van der Waals surface area contributed by atoms with Crippen molar-refractivity contribution in [3.63, 3.8) is 0 Å². The molecule has 96 valence electrons. The SMILES string of the molecule is CCC/C(C)=C1/CN(C(=O)OC(C)(C)C)C1=O. The van der Waals surface area contributed by atoms with E-state index in [2.05, 4.69) is 6.92 Å². The number of carbonyl (C=O) groups excluding carboxylic acids is 2. The molecule has 0 bridgehead atoms. The van der Waals surface area contributed by atoms with Gasteiger partial charge in [-0.15, -0.1) is 0 Å². The zero-order valence-corrected chi connectivity index (χ0v) is 11.3. The highest BCUT2D eigenvalue weighted by molar-refractivity contribution is 6.09. The number of nitrogens with zero attached hydrogens (tertiary/aromatic N) is 1. The number of allylic oxidation sites excluding steroid dienone is 1. The molecular formula is C13H21NO3. The first-order valence-electron chi connectivity index (χ1n) is 5.99. The number of hydrogen-bond acceptors (Lipinski definition) is 3. The molecule has 1 rings (SSSR count). The summed E-state index contributed by atoms with van der Waals surface area (Å²) >= 11 is 0. The van der Waals surface area contributed by atoms with Crippen LogP contribution < -0.4 is 0 Å². The monoisotopic (exact) mass is 239 g/mol. The molecule has 1 saturated heterocycles. The van der Waals surface area contributed by atoms with Gasteiger partial charge in [0.05, 0.1) is 6.54 Å². The molecule has 0 unspecified atom stereocenters. The van der Waals surface area contributed by atoms with Crippen LogP contribution in [-0.4, -0.2) is 29.0 Å². The Morgan fingerprint density at radius 1 is 1.41 bits per heavy atom. The molecule has 0 atom stereocenters. The third-order valence-electron chi connectivity index (χ3n) is 2.57. The Balaban J connectivity index is 2.62. The smallest absolute Gasteiger partial charge is 0.417 e. The van der Waals surface area contributed by atoms with E-state index in [0.717, 1.165) is 28.9 Å². The molecule has 17 heavy (non-hydrogen) atoms. The Kier molecular flexibility index (Phi) is 3.96. The number of likely N-dealkylation sites (tertiary alicyclic amines) is 1. The summed E-state index contributed by atoms with van der Waals surface area (Å²) in [4.78, 5) is 24.6. The third kappa shape index (κ3) is 3.32. The molecule has 4 nitrogen and oxygen atoms in total. The molecule has 0 aromatic heterocycles. The second kappa shape index (κ2) is 4.90. The summed E-state index contributed by atoms with van der Waals surface area (Å²) < 4.78 is 5.14. The average Bonchev–Trinajstić information content (AvgIpc) is 2.13. The minimum Gasteiger partial charge on any atom is -0.443 e. The predicted molar refractivity (Wildman–Crippen MR) is 65.6 cm³/mol. The van der Waals surface area contributed by atoms with Crippen LogP contribution in [0.5, 0.6) is 0 Å². The lowest BCUT2D eigenvalue weighted by molar-refractivity contribution is -0.131. The number of imide groups is 1. The molecule has 0 spiro atoms. The van der Waals surface area contributed by atoms with Crippen LogP contribution >= 0.6 is 0 Å². The zero-order valence-electron chi connectivity index (χ0n) is 11.3. The van der Waals surface area contributed by atoms with Crippen molar-refractivity contribution in [2.75, 3.05) is 6.54 Å². The Morgan fingerprint density at radius 3 is 2.41 bits per heavy atom. The first kappa shape index (κ1) is 13.7. The minimum absolute atomic E-state index is 0.204. The van der Waals surface area contributed by atoms with Crippen molar-refractivity contribution in [3.8, 4) is 0 Å². The van der Waals surface area contributed by atoms with E-state index >= 15 is 0 Å². The van der Waals surface area contributed by atoms with Gasteiger partial charge in [0.2, 0.25) is 0 Å². The molecule has 0 N–H and O–H groups in total. The van der Waals surface area contributed by atoms with E-state index in [4.69, 9.17) is 4.74 Å². The van der Waals surface area contributed by atoms with Crippen LogP contribution in [-0.2, 0) is 9.53 Å². The van der Waals surface area contributed by atoms with E-state index in [1.54, 1.807) is 20.8 Å². The van der Waals surface area contributed by atoms with E-state index < -0.39 is 11.7 Å². The van der Waals surface area contributed by atoms with Gasteiger partial charge in [-0.1, -0.05) is 18.9 Å². The van der Waals surface area contributed by atoms with Crippen molar-refractivity contribution >= 4 is 12.0 Å². The van der Waals surface area contributed by atoms with Crippen LogP contribution in [0.2, 0.25) is 0 Å². The molecule has 4 heteroatoms. The van der Waals surface area contributed by atoms with Crippen molar-refractivity contribution in [2.45, 2.75) is 53.1 Å². The second-order valence-corrected chi connectivity index (χ2v) is 5.38. The predicted octanol–water partition coefficient (Wildman–Crippen LogP) is 2.88. The largest absolute Gasteiger partial charge is 0.443 e. The Morgan fingerprint density at radius 2 is 2.00 bits per heavy atom. The molecule has 0 aromatic rings. The highest BCUT2D eigenvalue weighted by Gasteiger charge is 2.39. The molecule has 1 heterocycles. The van der Waals surface area contributed by atoms with Crippen LogP contribution in [0.3, 0.4) is 0 Å². The van der Waals surface area contributed by atoms with Crippen LogP contribution in [0.25, 0.3) is 0 Å². The van der Waals surface area contributed by atoms with E-state index in [1.807, 2.05) is 6.92 Å². The highest BCUT2D eigenvalue weighted by atomic mass is 16.6. The maximum Gasteiger partial charge on any atom is 0.417 e. The van der Waals surface area contributed by atoms with Gasteiger partial charge < -0.3 is 4.74 Å². The summed E-state index contributed by atoms with van der Waals surface area (Å²) in [5.74, 6) is -0.204. The topological polar surface area (TPSA) is 46.6 Å². The van der Waals surface area contributed by atoms with Crippen molar-refractivity contribution < 1.29 is 14.3 Å². The fraction of sp³-hybridized carbons (Fsp3) is 0.692. The lowest BCUT2D eigenvalue weighted by Crippen LogP contribution is -2.51. The van der Waals surface area contributed by atoms with Gasteiger partial charge in [0.15, 0.2) is 0 Å². The van der Waals surface area contributed by atoms with Gasteiger partial charge >= 0.3 is 6.09 Å². The number of carbonyl (C=O) groups is 2. The fourth-order valence-electron chi connectivity index (χ4n) is 1.68. The molecule has 1 aliphatic rings. The fourth-order valence-corrected chi connectivity index (χ4v) is 1.68. The summed E-state index contributed by atoms with van der Waals surface area (Å²) in [5, 5.41) is 0. The van der Waals surface area contributed by atoms with E-state index in [0.29, 0.717) is 6.54 Å². The molecule has 0 aromatic carbocycles. The summed E-state index contributed by atoms with van der Waals surface area (Å²) in [6, 6.07) is 0. The lowest BCUT2D eigenvalue weighted by atomic mass is 9.98. The van der Waals surface area contributed by atoms with Gasteiger partial charge in [0, 0.05) is 5.57 Å². The van der Waals surface area contributed by atoms with Gasteiger partial charge in [-0.2, -0.15) is 0 Å². The first-order chi connectivity index (χ1) is 7.76. The molecule has 1 fully saturated rings. The lowest BCUT2D eigenvalue weighted by Gasteiger charge is -2.34. The van der Waals surface area contributed by atoms with Crippen molar-refractivity contribution in [1.29, 1.82) is 0 Å². The van der Waals surface area contributed by atoms with Gasteiger partial charge in [0.25, 0.3) is 5.91 Å². The Bertz CT molecular complexity index is 363. The van der Waals surface area contributed by atoms with Gasteiger partial charge in [-0.25, -0.2) is 9.69 Å². The number of hydrogen-bond donors (Lipinski definition) is 0. The molecule has 0 saturated carbocycles. The summed E-state index contributed by atoms with van der Waals surface area (Å²) in [6.45, 7) is 9.76. The summed E-state index contributed by atoms with van der Waals surface area (Å²) in [5.41, 5.74) is 1.28. The Hall–Kier alpha value is -1.32. The van der Waals surface area contributed by atoms with Crippen molar-refractivity contribution in [2.24, 2.45) is 0 Å². The maximum absolute atomic E-state index is 11.8.